The van der Waals surface area contributed by atoms with Crippen molar-refractivity contribution < 1.29 is 5.11 Å². The Kier molecular flexibility index (Phi) is 9.12. The van der Waals surface area contributed by atoms with Crippen LogP contribution in [0.4, 0.5) is 0 Å². The van der Waals surface area contributed by atoms with Crippen LogP contribution in [0.25, 0.3) is 0 Å². The van der Waals surface area contributed by atoms with Crippen LogP contribution in [0.5, 0.6) is 0 Å². The zero-order valence-corrected chi connectivity index (χ0v) is 8.71. The van der Waals surface area contributed by atoms with Crippen LogP contribution >= 0.6 is 0 Å². The number of hydrogen-bond acceptors (Lipinski definition) is 1. The average molecular weight is 182 g/mol. The van der Waals surface area contributed by atoms with Crippen LogP contribution in [0.15, 0.2) is 24.8 Å². The summed E-state index contributed by atoms with van der Waals surface area (Å²) in [5.41, 5.74) is 0. The molecule has 0 aliphatic heterocycles. The fourth-order valence-corrected chi connectivity index (χ4v) is 1.39. The van der Waals surface area contributed by atoms with Gasteiger partial charge >= 0.3 is 0 Å². The van der Waals surface area contributed by atoms with Gasteiger partial charge in [0, 0.05) is 6.61 Å². The van der Waals surface area contributed by atoms with E-state index in [0.29, 0.717) is 12.5 Å². The van der Waals surface area contributed by atoms with Crippen LogP contribution < -0.4 is 0 Å². The molecule has 0 bridgehead atoms. The highest BCUT2D eigenvalue weighted by Crippen LogP contribution is 2.12. The molecule has 1 N–H and O–H groups in total. The van der Waals surface area contributed by atoms with Crippen molar-refractivity contribution >= 4 is 0 Å². The Morgan fingerprint density at radius 3 is 2.46 bits per heavy atom. The molecule has 0 aliphatic carbocycles. The van der Waals surface area contributed by atoms with Crippen LogP contribution in [0, 0.1) is 5.92 Å². The van der Waals surface area contributed by atoms with E-state index in [1.807, 2.05) is 13.0 Å². The van der Waals surface area contributed by atoms with Gasteiger partial charge in [0.05, 0.1) is 0 Å². The molecular weight excluding hydrogens is 160 g/mol. The largest absolute Gasteiger partial charge is 0.396 e. The van der Waals surface area contributed by atoms with Crippen molar-refractivity contribution in [2.45, 2.75) is 39.0 Å². The van der Waals surface area contributed by atoms with Crippen LogP contribution in [0.1, 0.15) is 39.0 Å². The fourth-order valence-electron chi connectivity index (χ4n) is 1.39. The molecule has 1 nitrogen and oxygen atoms in total. The second kappa shape index (κ2) is 9.53. The second-order valence-corrected chi connectivity index (χ2v) is 3.35. The summed E-state index contributed by atoms with van der Waals surface area (Å²) in [5.74, 6) is 0.541. The molecule has 0 rings (SSSR count). The monoisotopic (exact) mass is 182 g/mol. The van der Waals surface area contributed by atoms with Gasteiger partial charge in [-0.1, -0.05) is 37.5 Å². The maximum Gasteiger partial charge on any atom is 0.0431 e. The smallest absolute Gasteiger partial charge is 0.0431 e. The van der Waals surface area contributed by atoms with Gasteiger partial charge in [-0.25, -0.2) is 0 Å². The van der Waals surface area contributed by atoms with Crippen LogP contribution in [-0.2, 0) is 0 Å². The van der Waals surface area contributed by atoms with Gasteiger partial charge in [-0.05, 0) is 25.7 Å². The van der Waals surface area contributed by atoms with Gasteiger partial charge in [0.15, 0.2) is 0 Å². The normalized spacial score (nSPS) is 13.4. The molecule has 0 spiro atoms. The summed E-state index contributed by atoms with van der Waals surface area (Å²) in [6, 6.07) is 0. The lowest BCUT2D eigenvalue weighted by atomic mass is 10.0. The quantitative estimate of drug-likeness (QED) is 0.451. The Bertz CT molecular complexity index is 138. The zero-order chi connectivity index (χ0) is 9.94. The highest BCUT2D eigenvalue weighted by Gasteiger charge is 1.97. The first-order valence-corrected chi connectivity index (χ1v) is 5.21. The molecule has 76 valence electrons. The summed E-state index contributed by atoms with van der Waals surface area (Å²) >= 11 is 0. The van der Waals surface area contributed by atoms with E-state index in [4.69, 9.17) is 5.11 Å². The topological polar surface area (TPSA) is 20.2 Å². The molecule has 1 heteroatoms. The van der Waals surface area contributed by atoms with Crippen molar-refractivity contribution in [1.82, 2.24) is 0 Å². The van der Waals surface area contributed by atoms with Crippen molar-refractivity contribution in [2.75, 3.05) is 6.61 Å². The van der Waals surface area contributed by atoms with E-state index in [1.165, 1.54) is 19.3 Å². The first-order chi connectivity index (χ1) is 6.35. The lowest BCUT2D eigenvalue weighted by Crippen LogP contribution is -1.91. The molecular formula is C12H22O. The van der Waals surface area contributed by atoms with Gasteiger partial charge in [0.2, 0.25) is 0 Å². The van der Waals surface area contributed by atoms with E-state index in [2.05, 4.69) is 18.7 Å². The molecule has 0 aliphatic rings. The first kappa shape index (κ1) is 12.4. The summed E-state index contributed by atoms with van der Waals surface area (Å²) in [7, 11) is 0. The molecule has 13 heavy (non-hydrogen) atoms. The van der Waals surface area contributed by atoms with Gasteiger partial charge in [-0.15, -0.1) is 6.58 Å². The maximum atomic E-state index is 8.58. The molecule has 1 atom stereocenters. The van der Waals surface area contributed by atoms with Crippen molar-refractivity contribution in [1.29, 1.82) is 0 Å². The maximum absolute atomic E-state index is 8.58. The summed E-state index contributed by atoms with van der Waals surface area (Å²) < 4.78 is 0. The summed E-state index contributed by atoms with van der Waals surface area (Å²) in [4.78, 5) is 0. The Morgan fingerprint density at radius 2 is 1.92 bits per heavy atom. The minimum atomic E-state index is 0.333. The van der Waals surface area contributed by atoms with Gasteiger partial charge in [-0.2, -0.15) is 0 Å². The third kappa shape index (κ3) is 7.79. The third-order valence-corrected chi connectivity index (χ3v) is 2.19. The lowest BCUT2D eigenvalue weighted by Gasteiger charge is -2.06. The zero-order valence-electron chi connectivity index (χ0n) is 8.71. The molecule has 0 saturated carbocycles. The molecule has 0 fully saturated rings. The highest BCUT2D eigenvalue weighted by atomic mass is 16.2. The molecule has 0 radical (unpaired) electrons. The summed E-state index contributed by atoms with van der Waals surface area (Å²) in [6.07, 6.45) is 12.0. The van der Waals surface area contributed by atoms with E-state index in [0.717, 1.165) is 12.8 Å². The van der Waals surface area contributed by atoms with Crippen LogP contribution in [0.2, 0.25) is 0 Å². The number of unbranched alkanes of at least 4 members (excludes halogenated alkanes) is 3. The Hall–Kier alpha value is -0.560. The standard InChI is InChI=1S/C12H22O/c1-3-9-12(4-2)10-7-5-6-8-11-13/h3-4,9,12-13H,2,5-8,10-11H2,1H3/b9-3+. The molecule has 0 amide bonds. The predicted octanol–water partition coefficient (Wildman–Crippen LogP) is 3.31. The Morgan fingerprint density at radius 1 is 1.23 bits per heavy atom. The van der Waals surface area contributed by atoms with E-state index < -0.39 is 0 Å². The lowest BCUT2D eigenvalue weighted by molar-refractivity contribution is 0.282. The predicted molar refractivity (Wildman–Crippen MR) is 58.7 cm³/mol. The molecule has 0 aromatic rings. The number of allylic oxidation sites excluding steroid dienone is 3. The number of rotatable bonds is 8. The average Bonchev–Trinajstić information content (AvgIpc) is 2.16. The van der Waals surface area contributed by atoms with E-state index in [9.17, 15) is 0 Å². The van der Waals surface area contributed by atoms with Gasteiger partial charge in [0.1, 0.15) is 0 Å². The molecule has 0 aromatic carbocycles. The minimum absolute atomic E-state index is 0.333. The highest BCUT2D eigenvalue weighted by molar-refractivity contribution is 4.95. The number of aliphatic hydroxyl groups excluding tert-OH is 1. The van der Waals surface area contributed by atoms with E-state index in [1.54, 1.807) is 0 Å². The molecule has 0 aromatic heterocycles. The number of hydrogen-bond donors (Lipinski definition) is 1. The van der Waals surface area contributed by atoms with Crippen LogP contribution in [0.3, 0.4) is 0 Å². The fraction of sp³-hybridized carbons (Fsp3) is 0.667. The minimum Gasteiger partial charge on any atom is -0.396 e. The summed E-state index contributed by atoms with van der Waals surface area (Å²) in [5, 5.41) is 8.58. The first-order valence-electron chi connectivity index (χ1n) is 5.21. The van der Waals surface area contributed by atoms with Gasteiger partial charge in [0.25, 0.3) is 0 Å². The SMILES string of the molecule is C=CC(/C=C/C)CCCCCCO. The Balaban J connectivity index is 3.33. The van der Waals surface area contributed by atoms with Crippen molar-refractivity contribution in [3.63, 3.8) is 0 Å². The van der Waals surface area contributed by atoms with E-state index in [-0.39, 0.29) is 0 Å². The van der Waals surface area contributed by atoms with Gasteiger partial charge < -0.3 is 5.11 Å². The van der Waals surface area contributed by atoms with Crippen LogP contribution in [-0.4, -0.2) is 11.7 Å². The second-order valence-electron chi connectivity index (χ2n) is 3.35. The third-order valence-electron chi connectivity index (χ3n) is 2.19. The molecule has 0 heterocycles. The van der Waals surface area contributed by atoms with Crippen molar-refractivity contribution in [3.8, 4) is 0 Å². The van der Waals surface area contributed by atoms with Gasteiger partial charge in [-0.3, -0.25) is 0 Å². The van der Waals surface area contributed by atoms with Crippen molar-refractivity contribution in [3.05, 3.63) is 24.8 Å². The van der Waals surface area contributed by atoms with Crippen molar-refractivity contribution in [2.24, 2.45) is 5.92 Å². The number of aliphatic hydroxyl groups is 1. The molecule has 0 saturated heterocycles. The Labute approximate surface area is 82.2 Å². The molecule has 1 unspecified atom stereocenters. The summed E-state index contributed by atoms with van der Waals surface area (Å²) in [6.45, 7) is 6.18. The van der Waals surface area contributed by atoms with E-state index >= 15 is 0 Å².